The number of anilines is 2. The van der Waals surface area contributed by atoms with E-state index in [0.29, 0.717) is 33.5 Å². The molecule has 7 rings (SSSR count). The van der Waals surface area contributed by atoms with Gasteiger partial charge in [-0.05, 0) is 100 Å². The van der Waals surface area contributed by atoms with Crippen molar-refractivity contribution in [1.82, 2.24) is 25.1 Å². The first-order valence-corrected chi connectivity index (χ1v) is 15.8. The quantitative estimate of drug-likeness (QED) is 0.318. The molecule has 2 aromatic carbocycles. The summed E-state index contributed by atoms with van der Waals surface area (Å²) in [5, 5.41) is 17.2. The summed E-state index contributed by atoms with van der Waals surface area (Å²) in [6.07, 6.45) is 1.16. The van der Waals surface area contributed by atoms with Crippen molar-refractivity contribution in [1.29, 1.82) is 0 Å². The zero-order valence-electron chi connectivity index (χ0n) is 26.2. The van der Waals surface area contributed by atoms with E-state index in [4.69, 9.17) is 4.74 Å². The van der Waals surface area contributed by atoms with Gasteiger partial charge >= 0.3 is 6.18 Å². The molecule has 2 aliphatic carbocycles. The highest BCUT2D eigenvalue weighted by molar-refractivity contribution is 5.95. The Labute approximate surface area is 266 Å². The van der Waals surface area contributed by atoms with Crippen molar-refractivity contribution in [3.8, 4) is 5.75 Å². The predicted molar refractivity (Wildman–Crippen MR) is 166 cm³/mol. The highest BCUT2D eigenvalue weighted by Gasteiger charge is 2.56. The molecule has 2 saturated carbocycles. The van der Waals surface area contributed by atoms with E-state index in [2.05, 4.69) is 32.5 Å². The van der Waals surface area contributed by atoms with Crippen LogP contribution < -0.4 is 15.4 Å². The number of piperidine rings is 1. The van der Waals surface area contributed by atoms with Gasteiger partial charge in [-0.1, -0.05) is 18.2 Å². The molecule has 1 amide bonds. The summed E-state index contributed by atoms with van der Waals surface area (Å²) in [6.45, 7) is 2.18. The molecule has 1 saturated heterocycles. The van der Waals surface area contributed by atoms with Crippen molar-refractivity contribution in [3.05, 3.63) is 76.1 Å². The van der Waals surface area contributed by atoms with Crippen LogP contribution in [0.25, 0.3) is 0 Å². The van der Waals surface area contributed by atoms with Crippen LogP contribution in [-0.2, 0) is 18.1 Å². The van der Waals surface area contributed by atoms with Gasteiger partial charge in [-0.25, -0.2) is 9.97 Å². The second kappa shape index (κ2) is 11.2. The molecule has 1 unspecified atom stereocenters. The summed E-state index contributed by atoms with van der Waals surface area (Å²) >= 11 is 0. The van der Waals surface area contributed by atoms with Crippen LogP contribution in [0.5, 0.6) is 5.75 Å². The molecular weight excluding hydrogens is 597 g/mol. The number of carbonyl (C=O) groups is 1. The minimum Gasteiger partial charge on any atom is -0.495 e. The lowest BCUT2D eigenvalue weighted by Gasteiger charge is -2.52. The number of nitrogens with one attached hydrogen (secondary N) is 2. The average molecular weight is 637 g/mol. The lowest BCUT2D eigenvalue weighted by Crippen LogP contribution is -2.54. The van der Waals surface area contributed by atoms with Gasteiger partial charge in [0.05, 0.1) is 24.1 Å². The zero-order chi connectivity index (χ0) is 32.4. The Balaban J connectivity index is 1.09. The Morgan fingerprint density at radius 1 is 1.11 bits per heavy atom. The molecule has 1 atom stereocenters. The highest BCUT2D eigenvalue weighted by Crippen LogP contribution is 2.59. The van der Waals surface area contributed by atoms with Crippen LogP contribution in [0.1, 0.15) is 83.1 Å². The van der Waals surface area contributed by atoms with Gasteiger partial charge in [0.2, 0.25) is 5.95 Å². The number of fused-ring (bicyclic) bond motifs is 2. The summed E-state index contributed by atoms with van der Waals surface area (Å²) in [7, 11) is 5.45. The average Bonchev–Trinajstić information content (AvgIpc) is 3.79. The summed E-state index contributed by atoms with van der Waals surface area (Å²) in [4.78, 5) is 25.6. The van der Waals surface area contributed by atoms with Crippen LogP contribution in [0, 0.1) is 5.41 Å². The number of nitrogens with zero attached hydrogens (tertiary/aromatic N) is 4. The summed E-state index contributed by atoms with van der Waals surface area (Å²) in [5.74, 6) is 0.0991. The maximum Gasteiger partial charge on any atom is 0.419 e. The molecule has 2 spiro atoms. The van der Waals surface area contributed by atoms with Gasteiger partial charge in [-0.3, -0.25) is 9.69 Å². The molecule has 3 heterocycles. The third-order valence-electron chi connectivity index (χ3n) is 10.7. The first kappa shape index (κ1) is 30.9. The normalized spacial score (nSPS) is 22.0. The molecular formula is C34H39F3N6O3. The molecule has 46 heavy (non-hydrogen) atoms. The number of halogens is 3. The molecule has 3 aromatic rings. The Morgan fingerprint density at radius 2 is 1.85 bits per heavy atom. The maximum atomic E-state index is 14.1. The van der Waals surface area contributed by atoms with Crippen molar-refractivity contribution >= 4 is 17.5 Å². The fraction of sp³-hybridized carbons (Fsp3) is 0.500. The number of amides is 1. The van der Waals surface area contributed by atoms with E-state index in [1.54, 1.807) is 24.3 Å². The lowest BCUT2D eigenvalue weighted by atomic mass is 9.60. The number of aliphatic hydroxyl groups is 1. The van der Waals surface area contributed by atoms with E-state index in [0.717, 1.165) is 63.4 Å². The standard InChI is InChI=1S/C34H39F3N6O3/c1-42-13-11-32(12-14-42)17-22(18-32)39-29(44)21-7-8-25(27(16-21)46-3)40-31-38-19-24(34(35,36)37)26(41-31)15-20-5-4-6-23-28(20)30(45)43(2)33(23)9-10-33/h4-8,16,19,22,30,45H,9-15,17-18H2,1-3H3,(H,39,44)(H,38,40,41). The topological polar surface area (TPSA) is 103 Å². The largest absolute Gasteiger partial charge is 0.495 e. The van der Waals surface area contributed by atoms with Crippen LogP contribution in [0.15, 0.2) is 42.6 Å². The number of hydrogen-bond donors (Lipinski definition) is 3. The first-order valence-electron chi connectivity index (χ1n) is 15.8. The van der Waals surface area contributed by atoms with E-state index in [1.807, 2.05) is 24.1 Å². The van der Waals surface area contributed by atoms with Crippen molar-refractivity contribution in [3.63, 3.8) is 0 Å². The monoisotopic (exact) mass is 636 g/mol. The van der Waals surface area contributed by atoms with Crippen molar-refractivity contribution in [2.24, 2.45) is 5.41 Å². The van der Waals surface area contributed by atoms with E-state index >= 15 is 0 Å². The minimum absolute atomic E-state index is 0.0414. The number of alkyl halides is 3. The Kier molecular flexibility index (Phi) is 7.52. The molecule has 1 aromatic heterocycles. The Morgan fingerprint density at radius 3 is 2.52 bits per heavy atom. The van der Waals surface area contributed by atoms with Gasteiger partial charge in [0, 0.05) is 35.3 Å². The lowest BCUT2D eigenvalue weighted by molar-refractivity contribution is -0.138. The SMILES string of the molecule is COc1cc(C(=O)NC2CC3(CCN(C)CC3)C2)ccc1Nc1ncc(C(F)(F)F)c(Cc2cccc3c2C(O)N(C)C32CC2)n1. The molecule has 3 N–H and O–H groups in total. The van der Waals surface area contributed by atoms with Crippen molar-refractivity contribution in [2.75, 3.05) is 39.6 Å². The van der Waals surface area contributed by atoms with E-state index in [1.165, 1.54) is 7.11 Å². The number of benzene rings is 2. The molecule has 9 nitrogen and oxygen atoms in total. The van der Waals surface area contributed by atoms with Gasteiger partial charge in [0.25, 0.3) is 5.91 Å². The van der Waals surface area contributed by atoms with Gasteiger partial charge in [-0.2, -0.15) is 13.2 Å². The number of carbonyl (C=O) groups excluding carboxylic acids is 1. The van der Waals surface area contributed by atoms with Crippen molar-refractivity contribution in [2.45, 2.75) is 68.9 Å². The third kappa shape index (κ3) is 5.39. The number of likely N-dealkylation sites (tertiary alicyclic amines) is 1. The number of hydrogen-bond acceptors (Lipinski definition) is 8. The molecule has 244 valence electrons. The number of rotatable bonds is 7. The number of ether oxygens (including phenoxy) is 1. The third-order valence-corrected chi connectivity index (χ3v) is 10.7. The number of aromatic nitrogens is 2. The highest BCUT2D eigenvalue weighted by atomic mass is 19.4. The van der Waals surface area contributed by atoms with Crippen LogP contribution in [-0.4, -0.2) is 71.1 Å². The molecule has 12 heteroatoms. The first-order chi connectivity index (χ1) is 21.9. The summed E-state index contributed by atoms with van der Waals surface area (Å²) in [6, 6.07) is 10.6. The second-order valence-electron chi connectivity index (χ2n) is 13.5. The van der Waals surface area contributed by atoms with Gasteiger partial charge < -0.3 is 25.4 Å². The van der Waals surface area contributed by atoms with E-state index in [-0.39, 0.29) is 35.6 Å². The molecule has 3 fully saturated rings. The number of methoxy groups -OCH3 is 1. The van der Waals surface area contributed by atoms with E-state index < -0.39 is 18.0 Å². The van der Waals surface area contributed by atoms with Crippen LogP contribution in [0.3, 0.4) is 0 Å². The molecule has 0 radical (unpaired) electrons. The summed E-state index contributed by atoms with van der Waals surface area (Å²) < 4.78 is 47.9. The van der Waals surface area contributed by atoms with Crippen molar-refractivity contribution < 1.29 is 27.8 Å². The fourth-order valence-electron chi connectivity index (χ4n) is 7.78. The Bertz CT molecular complexity index is 1660. The summed E-state index contributed by atoms with van der Waals surface area (Å²) in [5.41, 5.74) is 2.00. The molecule has 4 aliphatic rings. The van der Waals surface area contributed by atoms with Crippen LogP contribution in [0.2, 0.25) is 0 Å². The molecule has 2 aliphatic heterocycles. The minimum atomic E-state index is -4.67. The van der Waals surface area contributed by atoms with Gasteiger partial charge in [-0.15, -0.1) is 0 Å². The van der Waals surface area contributed by atoms with Crippen LogP contribution in [0.4, 0.5) is 24.8 Å². The Hall–Kier alpha value is -3.74. The number of aliphatic hydroxyl groups excluding tert-OH is 1. The maximum absolute atomic E-state index is 14.1. The predicted octanol–water partition coefficient (Wildman–Crippen LogP) is 5.37. The fourth-order valence-corrected chi connectivity index (χ4v) is 7.78. The zero-order valence-corrected chi connectivity index (χ0v) is 26.2. The second-order valence-corrected chi connectivity index (χ2v) is 13.5. The molecule has 0 bridgehead atoms. The van der Waals surface area contributed by atoms with E-state index in [9.17, 15) is 23.1 Å². The smallest absolute Gasteiger partial charge is 0.419 e. The van der Waals surface area contributed by atoms with Gasteiger partial charge in [0.15, 0.2) is 0 Å². The van der Waals surface area contributed by atoms with Gasteiger partial charge in [0.1, 0.15) is 12.0 Å². The van der Waals surface area contributed by atoms with Crippen LogP contribution >= 0.6 is 0 Å².